The minimum atomic E-state index is -0.643. The second-order valence-electron chi connectivity index (χ2n) is 8.34. The van der Waals surface area contributed by atoms with Gasteiger partial charge in [-0.2, -0.15) is 0 Å². The molecule has 130 valence electrons. The van der Waals surface area contributed by atoms with Crippen molar-refractivity contribution in [3.63, 3.8) is 0 Å². The third-order valence-corrected chi connectivity index (χ3v) is 5.42. The van der Waals surface area contributed by atoms with Gasteiger partial charge in [-0.25, -0.2) is 0 Å². The van der Waals surface area contributed by atoms with E-state index in [0.717, 1.165) is 19.3 Å². The average molecular weight is 350 g/mol. The highest BCUT2D eigenvalue weighted by Crippen LogP contribution is 2.52. The van der Waals surface area contributed by atoms with Crippen LogP contribution in [-0.4, -0.2) is 29.3 Å². The number of nitrogens with two attached hydrogens (primary N) is 1. The zero-order valence-electron chi connectivity index (χ0n) is 14.4. The summed E-state index contributed by atoms with van der Waals surface area (Å²) in [4.78, 5) is 26.8. The summed E-state index contributed by atoms with van der Waals surface area (Å²) in [6.45, 7) is 7.32. The standard InChI is InChI=1S/C18H24ClN3O2/c1-17(2)7-12-8-18(3,9-17)10-22(12)16(24)15(23)21-14-5-4-11(20)6-13(14)19/h4-6,12H,7-10,20H2,1-3H3,(H,21,23). The van der Waals surface area contributed by atoms with Crippen LogP contribution in [0.15, 0.2) is 18.2 Å². The molecule has 1 saturated carbocycles. The Balaban J connectivity index is 1.74. The number of carbonyl (C=O) groups excluding carboxylic acids is 2. The smallest absolute Gasteiger partial charge is 0.313 e. The molecule has 6 heteroatoms. The second-order valence-corrected chi connectivity index (χ2v) is 8.75. The van der Waals surface area contributed by atoms with Crippen LogP contribution in [0.4, 0.5) is 11.4 Å². The number of halogens is 1. The number of rotatable bonds is 1. The number of amides is 2. The number of nitrogens with one attached hydrogen (secondary N) is 1. The number of likely N-dealkylation sites (tertiary alicyclic amines) is 1. The number of nitrogens with zero attached hydrogens (tertiary/aromatic N) is 1. The van der Waals surface area contributed by atoms with Crippen LogP contribution in [0.2, 0.25) is 5.02 Å². The van der Waals surface area contributed by atoms with Gasteiger partial charge in [0, 0.05) is 18.3 Å². The minimum Gasteiger partial charge on any atom is -0.399 e. The quantitative estimate of drug-likeness (QED) is 0.603. The fraction of sp³-hybridized carbons (Fsp3) is 0.556. The molecule has 2 atom stereocenters. The van der Waals surface area contributed by atoms with Gasteiger partial charge in [0.25, 0.3) is 0 Å². The summed E-state index contributed by atoms with van der Waals surface area (Å²) in [5, 5.41) is 2.93. The van der Waals surface area contributed by atoms with Crippen molar-refractivity contribution in [2.75, 3.05) is 17.6 Å². The van der Waals surface area contributed by atoms with Crippen molar-refractivity contribution < 1.29 is 9.59 Å². The van der Waals surface area contributed by atoms with Crippen molar-refractivity contribution in [2.45, 2.75) is 46.1 Å². The van der Waals surface area contributed by atoms with Crippen molar-refractivity contribution in [1.29, 1.82) is 0 Å². The summed E-state index contributed by atoms with van der Waals surface area (Å²) < 4.78 is 0. The van der Waals surface area contributed by atoms with Crippen LogP contribution >= 0.6 is 11.6 Å². The number of carbonyl (C=O) groups is 2. The van der Waals surface area contributed by atoms with E-state index in [9.17, 15) is 9.59 Å². The predicted molar refractivity (Wildman–Crippen MR) is 95.7 cm³/mol. The molecule has 1 heterocycles. The fourth-order valence-electron chi connectivity index (χ4n) is 4.64. The number of hydrogen-bond acceptors (Lipinski definition) is 3. The molecule has 24 heavy (non-hydrogen) atoms. The van der Waals surface area contributed by atoms with Gasteiger partial charge in [-0.3, -0.25) is 9.59 Å². The van der Waals surface area contributed by atoms with Gasteiger partial charge >= 0.3 is 11.8 Å². The van der Waals surface area contributed by atoms with Gasteiger partial charge in [-0.1, -0.05) is 32.4 Å². The van der Waals surface area contributed by atoms with Gasteiger partial charge in [-0.15, -0.1) is 0 Å². The highest BCUT2D eigenvalue weighted by atomic mass is 35.5. The van der Waals surface area contributed by atoms with Gasteiger partial charge < -0.3 is 16.0 Å². The third kappa shape index (κ3) is 3.22. The van der Waals surface area contributed by atoms with E-state index in [1.54, 1.807) is 23.1 Å². The van der Waals surface area contributed by atoms with Crippen molar-refractivity contribution >= 4 is 34.8 Å². The molecule has 1 saturated heterocycles. The number of anilines is 2. The zero-order chi connectivity index (χ0) is 17.7. The molecule has 0 aromatic heterocycles. The van der Waals surface area contributed by atoms with E-state index in [0.29, 0.717) is 22.9 Å². The Kier molecular flexibility index (Phi) is 4.03. The lowest BCUT2D eigenvalue weighted by Crippen LogP contribution is -2.43. The lowest BCUT2D eigenvalue weighted by atomic mass is 9.65. The maximum absolute atomic E-state index is 12.7. The topological polar surface area (TPSA) is 75.4 Å². The van der Waals surface area contributed by atoms with Crippen molar-refractivity contribution in [3.05, 3.63) is 23.2 Å². The normalized spacial score (nSPS) is 27.8. The Morgan fingerprint density at radius 1 is 1.29 bits per heavy atom. The van der Waals surface area contributed by atoms with Crippen LogP contribution in [0.3, 0.4) is 0 Å². The molecule has 0 spiro atoms. The average Bonchev–Trinajstić information content (AvgIpc) is 2.70. The Hall–Kier alpha value is -1.75. The molecule has 1 aromatic rings. The highest BCUT2D eigenvalue weighted by molar-refractivity contribution is 6.41. The Morgan fingerprint density at radius 2 is 2.00 bits per heavy atom. The van der Waals surface area contributed by atoms with Crippen molar-refractivity contribution in [3.8, 4) is 0 Å². The summed E-state index contributed by atoms with van der Waals surface area (Å²) in [6, 6.07) is 4.93. The van der Waals surface area contributed by atoms with Crippen LogP contribution in [0.25, 0.3) is 0 Å². The van der Waals surface area contributed by atoms with Crippen LogP contribution < -0.4 is 11.1 Å². The molecular weight excluding hydrogens is 326 g/mol. The molecule has 1 aliphatic carbocycles. The van der Waals surface area contributed by atoms with Crippen LogP contribution in [0.1, 0.15) is 40.0 Å². The molecule has 2 bridgehead atoms. The molecule has 5 nitrogen and oxygen atoms in total. The van der Waals surface area contributed by atoms with E-state index >= 15 is 0 Å². The van der Waals surface area contributed by atoms with Gasteiger partial charge in [0.15, 0.2) is 0 Å². The van der Waals surface area contributed by atoms with Crippen LogP contribution in [0, 0.1) is 10.8 Å². The summed E-state index contributed by atoms with van der Waals surface area (Å²) in [7, 11) is 0. The first-order valence-corrected chi connectivity index (χ1v) is 8.63. The summed E-state index contributed by atoms with van der Waals surface area (Å²) >= 11 is 6.07. The molecule has 3 N–H and O–H groups in total. The van der Waals surface area contributed by atoms with Gasteiger partial charge in [0.05, 0.1) is 10.7 Å². The Morgan fingerprint density at radius 3 is 2.67 bits per heavy atom. The lowest BCUT2D eigenvalue weighted by molar-refractivity contribution is -0.144. The molecule has 1 aromatic carbocycles. The SMILES string of the molecule is CC1(C)CC2CC(C)(CN2C(=O)C(=O)Nc2ccc(N)cc2Cl)C1. The summed E-state index contributed by atoms with van der Waals surface area (Å²) in [5.74, 6) is -1.12. The summed E-state index contributed by atoms with van der Waals surface area (Å²) in [5.41, 5.74) is 6.85. The van der Waals surface area contributed by atoms with Crippen LogP contribution in [0.5, 0.6) is 0 Å². The number of benzene rings is 1. The van der Waals surface area contributed by atoms with Crippen molar-refractivity contribution in [2.24, 2.45) is 10.8 Å². The van der Waals surface area contributed by atoms with Crippen LogP contribution in [-0.2, 0) is 9.59 Å². The van der Waals surface area contributed by atoms with E-state index < -0.39 is 11.8 Å². The lowest BCUT2D eigenvalue weighted by Gasteiger charge is -2.39. The van der Waals surface area contributed by atoms with E-state index in [1.807, 2.05) is 0 Å². The molecular formula is C18H24ClN3O2. The van der Waals surface area contributed by atoms with Gasteiger partial charge in [0.1, 0.15) is 0 Å². The second kappa shape index (κ2) is 5.66. The van der Waals surface area contributed by atoms with Gasteiger partial charge in [0.2, 0.25) is 0 Å². The predicted octanol–water partition coefficient (Wildman–Crippen LogP) is 3.29. The highest BCUT2D eigenvalue weighted by Gasteiger charge is 2.51. The van der Waals surface area contributed by atoms with Crippen molar-refractivity contribution in [1.82, 2.24) is 4.90 Å². The molecule has 1 aliphatic heterocycles. The first-order valence-electron chi connectivity index (χ1n) is 8.26. The third-order valence-electron chi connectivity index (χ3n) is 5.11. The first-order chi connectivity index (χ1) is 11.1. The molecule has 2 aliphatic rings. The van der Waals surface area contributed by atoms with Gasteiger partial charge in [-0.05, 0) is 48.3 Å². The minimum absolute atomic E-state index is 0.0984. The maximum atomic E-state index is 12.7. The Bertz CT molecular complexity index is 704. The maximum Gasteiger partial charge on any atom is 0.313 e. The number of fused-ring (bicyclic) bond motifs is 2. The van der Waals surface area contributed by atoms with E-state index in [2.05, 4.69) is 26.1 Å². The van der Waals surface area contributed by atoms with E-state index in [-0.39, 0.29) is 16.9 Å². The Labute approximate surface area is 147 Å². The molecule has 2 unspecified atom stereocenters. The zero-order valence-corrected chi connectivity index (χ0v) is 15.1. The fourth-order valence-corrected chi connectivity index (χ4v) is 4.87. The number of nitrogen functional groups attached to an aromatic ring is 1. The molecule has 3 rings (SSSR count). The summed E-state index contributed by atoms with van der Waals surface area (Å²) in [6.07, 6.45) is 2.98. The number of hydrogen-bond donors (Lipinski definition) is 2. The molecule has 2 amide bonds. The molecule has 2 fully saturated rings. The first kappa shape index (κ1) is 17.1. The largest absolute Gasteiger partial charge is 0.399 e. The van der Waals surface area contributed by atoms with E-state index in [4.69, 9.17) is 17.3 Å². The van der Waals surface area contributed by atoms with E-state index in [1.165, 1.54) is 0 Å². The molecule has 0 radical (unpaired) electrons. The monoisotopic (exact) mass is 349 g/mol.